The topological polar surface area (TPSA) is 12.9 Å². The first-order chi connectivity index (χ1) is 4.20. The summed E-state index contributed by atoms with van der Waals surface area (Å²) in [5.41, 5.74) is 0. The van der Waals surface area contributed by atoms with Crippen molar-refractivity contribution in [2.45, 2.75) is 4.90 Å². The molecule has 0 fully saturated rings. The number of hydrogen-bond acceptors (Lipinski definition) is 2. The molecule has 0 bridgehead atoms. The van der Waals surface area contributed by atoms with Crippen LogP contribution in [0.4, 0.5) is 8.78 Å². The Bertz CT molecular complexity index is 226. The minimum Gasteiger partial charge on any atom is -0.224 e. The highest BCUT2D eigenvalue weighted by Crippen LogP contribution is 2.09. The van der Waals surface area contributed by atoms with E-state index in [1.54, 1.807) is 0 Å². The number of hydrogen-bond donors (Lipinski definition) is 1. The lowest BCUT2D eigenvalue weighted by atomic mass is 10.5. The maximum absolute atomic E-state index is 12.1. The van der Waals surface area contributed by atoms with Crippen molar-refractivity contribution in [3.05, 3.63) is 24.0 Å². The summed E-state index contributed by atoms with van der Waals surface area (Å²) in [6, 6.07) is 0.964. The SMILES string of the molecule is Fc1cnc(F)c(S)c1. The summed E-state index contributed by atoms with van der Waals surface area (Å²) in [5, 5.41) is 0. The molecule has 0 saturated heterocycles. The van der Waals surface area contributed by atoms with Gasteiger partial charge < -0.3 is 0 Å². The van der Waals surface area contributed by atoms with Crippen LogP contribution in [-0.4, -0.2) is 4.98 Å². The summed E-state index contributed by atoms with van der Waals surface area (Å²) in [5.74, 6) is -1.33. The first-order valence-electron chi connectivity index (χ1n) is 2.20. The molecule has 1 aromatic rings. The van der Waals surface area contributed by atoms with Crippen LogP contribution in [0.15, 0.2) is 17.2 Å². The standard InChI is InChI=1S/C5H3F2NS/c6-3-1-4(9)5(7)8-2-3/h1-2,9H. The molecule has 0 saturated carbocycles. The number of rotatable bonds is 0. The van der Waals surface area contributed by atoms with Crippen LogP contribution in [0.3, 0.4) is 0 Å². The predicted octanol–water partition coefficient (Wildman–Crippen LogP) is 1.65. The van der Waals surface area contributed by atoms with Gasteiger partial charge >= 0.3 is 0 Å². The molecule has 0 aliphatic heterocycles. The van der Waals surface area contributed by atoms with Crippen LogP contribution in [-0.2, 0) is 0 Å². The Balaban J connectivity index is 3.17. The summed E-state index contributed by atoms with van der Waals surface area (Å²) >= 11 is 3.59. The fourth-order valence-electron chi connectivity index (χ4n) is 0.412. The van der Waals surface area contributed by atoms with Crippen LogP contribution in [0.2, 0.25) is 0 Å². The van der Waals surface area contributed by atoms with E-state index in [0.29, 0.717) is 0 Å². The van der Waals surface area contributed by atoms with Gasteiger partial charge in [0, 0.05) is 0 Å². The van der Waals surface area contributed by atoms with Gasteiger partial charge in [0.15, 0.2) is 0 Å². The molecule has 1 nitrogen and oxygen atoms in total. The quantitative estimate of drug-likeness (QED) is 0.435. The predicted molar refractivity (Wildman–Crippen MR) is 31.4 cm³/mol. The third kappa shape index (κ3) is 1.38. The van der Waals surface area contributed by atoms with E-state index in [9.17, 15) is 8.78 Å². The lowest BCUT2D eigenvalue weighted by molar-refractivity contribution is 0.534. The number of aromatic nitrogens is 1. The van der Waals surface area contributed by atoms with E-state index in [0.717, 1.165) is 12.3 Å². The molecule has 1 rings (SSSR count). The first kappa shape index (κ1) is 6.48. The van der Waals surface area contributed by atoms with Crippen LogP contribution in [0, 0.1) is 11.8 Å². The highest BCUT2D eigenvalue weighted by atomic mass is 32.1. The summed E-state index contributed by atoms with van der Waals surface area (Å²) in [7, 11) is 0. The average Bonchev–Trinajstić information content (AvgIpc) is 1.80. The second kappa shape index (κ2) is 2.31. The molecule has 0 radical (unpaired) electrons. The number of halogens is 2. The fraction of sp³-hybridized carbons (Fsp3) is 0. The Labute approximate surface area is 56.1 Å². The van der Waals surface area contributed by atoms with Crippen molar-refractivity contribution in [3.8, 4) is 0 Å². The van der Waals surface area contributed by atoms with Crippen molar-refractivity contribution in [2.75, 3.05) is 0 Å². The first-order valence-corrected chi connectivity index (χ1v) is 2.65. The molecule has 48 valence electrons. The molecule has 0 aromatic carbocycles. The maximum atomic E-state index is 12.1. The van der Waals surface area contributed by atoms with Gasteiger partial charge in [0.1, 0.15) is 5.82 Å². The van der Waals surface area contributed by atoms with Crippen molar-refractivity contribution in [3.63, 3.8) is 0 Å². The van der Waals surface area contributed by atoms with Crippen LogP contribution >= 0.6 is 12.6 Å². The number of thiol groups is 1. The fourth-order valence-corrected chi connectivity index (χ4v) is 0.593. The van der Waals surface area contributed by atoms with E-state index < -0.39 is 11.8 Å². The number of nitrogens with zero attached hydrogens (tertiary/aromatic N) is 1. The highest BCUT2D eigenvalue weighted by Gasteiger charge is 1.98. The lowest BCUT2D eigenvalue weighted by Gasteiger charge is -1.90. The largest absolute Gasteiger partial charge is 0.226 e. The molecular weight excluding hydrogens is 144 g/mol. The van der Waals surface area contributed by atoms with Gasteiger partial charge in [-0.05, 0) is 6.07 Å². The molecular formula is C5H3F2NS. The van der Waals surface area contributed by atoms with Gasteiger partial charge in [0.25, 0.3) is 0 Å². The van der Waals surface area contributed by atoms with Crippen molar-refractivity contribution in [1.82, 2.24) is 4.98 Å². The van der Waals surface area contributed by atoms with E-state index in [1.165, 1.54) is 0 Å². The van der Waals surface area contributed by atoms with Crippen molar-refractivity contribution < 1.29 is 8.78 Å². The van der Waals surface area contributed by atoms with Crippen molar-refractivity contribution in [1.29, 1.82) is 0 Å². The second-order valence-electron chi connectivity index (χ2n) is 1.46. The van der Waals surface area contributed by atoms with Crippen molar-refractivity contribution in [2.24, 2.45) is 0 Å². The maximum Gasteiger partial charge on any atom is 0.226 e. The van der Waals surface area contributed by atoms with E-state index in [4.69, 9.17) is 0 Å². The van der Waals surface area contributed by atoms with Crippen LogP contribution in [0.25, 0.3) is 0 Å². The van der Waals surface area contributed by atoms with E-state index >= 15 is 0 Å². The molecule has 4 heteroatoms. The summed E-state index contributed by atoms with van der Waals surface area (Å²) < 4.78 is 24.2. The van der Waals surface area contributed by atoms with Gasteiger partial charge in [0.2, 0.25) is 5.95 Å². The molecule has 0 aliphatic rings. The van der Waals surface area contributed by atoms with Gasteiger partial charge in [-0.2, -0.15) is 4.39 Å². The Morgan fingerprint density at radius 3 is 2.56 bits per heavy atom. The molecule has 0 N–H and O–H groups in total. The van der Waals surface area contributed by atoms with Crippen LogP contribution < -0.4 is 0 Å². The Morgan fingerprint density at radius 2 is 2.11 bits per heavy atom. The van der Waals surface area contributed by atoms with E-state index in [-0.39, 0.29) is 4.90 Å². The van der Waals surface area contributed by atoms with Crippen molar-refractivity contribution >= 4 is 12.6 Å². The molecule has 0 amide bonds. The number of pyridine rings is 1. The molecule has 9 heavy (non-hydrogen) atoms. The summed E-state index contributed by atoms with van der Waals surface area (Å²) in [6.45, 7) is 0. The summed E-state index contributed by atoms with van der Waals surface area (Å²) in [4.78, 5) is 2.99. The zero-order valence-electron chi connectivity index (χ0n) is 4.31. The molecule has 0 atom stereocenters. The van der Waals surface area contributed by atoms with Crippen LogP contribution in [0.1, 0.15) is 0 Å². The monoisotopic (exact) mass is 147 g/mol. The zero-order valence-corrected chi connectivity index (χ0v) is 5.20. The molecule has 0 spiro atoms. The normalized spacial score (nSPS) is 9.67. The molecule has 0 unspecified atom stereocenters. The smallest absolute Gasteiger partial charge is 0.224 e. The molecule has 1 aromatic heterocycles. The second-order valence-corrected chi connectivity index (χ2v) is 1.95. The van der Waals surface area contributed by atoms with Gasteiger partial charge in [-0.15, -0.1) is 12.6 Å². The lowest BCUT2D eigenvalue weighted by Crippen LogP contribution is -1.85. The van der Waals surface area contributed by atoms with Gasteiger partial charge in [-0.3, -0.25) is 0 Å². The molecule has 0 aliphatic carbocycles. The molecule has 1 heterocycles. The van der Waals surface area contributed by atoms with Crippen LogP contribution in [0.5, 0.6) is 0 Å². The summed E-state index contributed by atoms with van der Waals surface area (Å²) in [6.07, 6.45) is 0.801. The zero-order chi connectivity index (χ0) is 6.85. The van der Waals surface area contributed by atoms with E-state index in [1.807, 2.05) is 0 Å². The van der Waals surface area contributed by atoms with Gasteiger partial charge in [-0.1, -0.05) is 0 Å². The third-order valence-electron chi connectivity index (χ3n) is 0.787. The Morgan fingerprint density at radius 1 is 1.44 bits per heavy atom. The van der Waals surface area contributed by atoms with E-state index in [2.05, 4.69) is 17.6 Å². The Hall–Kier alpha value is -0.640. The van der Waals surface area contributed by atoms with Gasteiger partial charge in [-0.25, -0.2) is 9.37 Å². The average molecular weight is 147 g/mol. The minimum atomic E-state index is -0.750. The van der Waals surface area contributed by atoms with Gasteiger partial charge in [0.05, 0.1) is 11.1 Å². The highest BCUT2D eigenvalue weighted by molar-refractivity contribution is 7.80. The Kier molecular flexibility index (Phi) is 1.66. The minimum absolute atomic E-state index is 0.0741. The third-order valence-corrected chi connectivity index (χ3v) is 1.10.